The smallest absolute Gasteiger partial charge is 0.409 e. The van der Waals surface area contributed by atoms with Crippen LogP contribution in [-0.2, 0) is 0 Å². The molecule has 1 aromatic carbocycles. The lowest BCUT2D eigenvalue weighted by atomic mass is 9.70. The molecular weight excluding hydrogens is 410 g/mol. The van der Waals surface area contributed by atoms with E-state index in [9.17, 15) is 4.79 Å². The molecule has 0 saturated heterocycles. The molecule has 0 spiro atoms. The van der Waals surface area contributed by atoms with Crippen LogP contribution in [0.2, 0.25) is 5.02 Å². The number of benzene rings is 1. The number of unbranched alkanes of at least 4 members (excludes halogenated alkanes) is 4. The number of fused-ring (bicyclic) bond motifs is 1. The van der Waals surface area contributed by atoms with Crippen LogP contribution in [0.1, 0.15) is 71.1 Å². The molecule has 4 bridgehead atoms. The Hall–Kier alpha value is -2.01. The Morgan fingerprint density at radius 1 is 1.16 bits per heavy atom. The molecule has 1 N–H and O–H groups in total. The van der Waals surface area contributed by atoms with Crippen molar-refractivity contribution in [2.45, 2.75) is 77.2 Å². The Kier molecular flexibility index (Phi) is 5.96. The van der Waals surface area contributed by atoms with E-state index in [1.165, 1.54) is 56.9 Å². The number of hydrogen-bond acceptors (Lipinski definition) is 4. The number of carbonyl (C=O) groups is 1. The Labute approximate surface area is 189 Å². The summed E-state index contributed by atoms with van der Waals surface area (Å²) in [6.07, 6.45) is 13.8. The Morgan fingerprint density at radius 2 is 1.94 bits per heavy atom. The summed E-state index contributed by atoms with van der Waals surface area (Å²) in [5.74, 6) is 3.16. The second kappa shape index (κ2) is 8.85. The lowest BCUT2D eigenvalue weighted by Gasteiger charge is -2.39. The number of hydrogen-bond donors (Lipinski definition) is 1. The molecule has 1 aromatic rings. The monoisotopic (exact) mass is 441 g/mol. The highest BCUT2D eigenvalue weighted by molar-refractivity contribution is 6.32. The van der Waals surface area contributed by atoms with Gasteiger partial charge < -0.3 is 15.0 Å². The summed E-state index contributed by atoms with van der Waals surface area (Å²) in [6.45, 7) is 2.82. The summed E-state index contributed by atoms with van der Waals surface area (Å²) in [6, 6.07) is 4.23. The average Bonchev–Trinajstić information content (AvgIpc) is 2.90. The summed E-state index contributed by atoms with van der Waals surface area (Å²) in [5, 5.41) is 5.10. The van der Waals surface area contributed by atoms with Crippen LogP contribution in [0.5, 0.6) is 5.75 Å². The van der Waals surface area contributed by atoms with Crippen LogP contribution in [-0.4, -0.2) is 23.6 Å². The molecular formula is C25H32ClN3O2. The first-order chi connectivity index (χ1) is 15.1. The number of nitrogens with one attached hydrogen (secondary N) is 1. The van der Waals surface area contributed by atoms with E-state index >= 15 is 0 Å². The van der Waals surface area contributed by atoms with Crippen molar-refractivity contribution in [2.24, 2.45) is 16.8 Å². The number of ether oxygens (including phenoxy) is 1. The van der Waals surface area contributed by atoms with E-state index < -0.39 is 6.09 Å². The van der Waals surface area contributed by atoms with E-state index in [1.54, 1.807) is 0 Å². The fraction of sp³-hybridized carbons (Fsp3) is 0.600. The van der Waals surface area contributed by atoms with Gasteiger partial charge in [-0.05, 0) is 68.1 Å². The molecule has 0 unspecified atom stereocenters. The fourth-order valence-electron chi connectivity index (χ4n) is 5.87. The first-order valence-corrected chi connectivity index (χ1v) is 12.3. The Bertz CT molecular complexity index is 1000. The van der Waals surface area contributed by atoms with E-state index in [2.05, 4.69) is 23.3 Å². The minimum atomic E-state index is -0.446. The van der Waals surface area contributed by atoms with Crippen LogP contribution in [0.15, 0.2) is 28.5 Å². The molecule has 31 heavy (non-hydrogen) atoms. The molecule has 0 radical (unpaired) electrons. The second-order valence-corrected chi connectivity index (χ2v) is 10.1. The highest BCUT2D eigenvalue weighted by Crippen LogP contribution is 2.49. The number of rotatable bonds is 7. The predicted octanol–water partition coefficient (Wildman–Crippen LogP) is 4.88. The fourth-order valence-corrected chi connectivity index (χ4v) is 6.06. The van der Waals surface area contributed by atoms with Crippen molar-refractivity contribution < 1.29 is 9.53 Å². The number of carbonyl (C=O) groups excluding carboxylic acids is 1. The van der Waals surface area contributed by atoms with Crippen molar-refractivity contribution in [3.05, 3.63) is 39.1 Å². The third-order valence-corrected chi connectivity index (χ3v) is 7.54. The zero-order valence-electron chi connectivity index (χ0n) is 18.3. The van der Waals surface area contributed by atoms with Gasteiger partial charge in [0.25, 0.3) is 0 Å². The van der Waals surface area contributed by atoms with Gasteiger partial charge in [0.1, 0.15) is 5.82 Å². The maximum Gasteiger partial charge on any atom is 0.412 e. The molecule has 2 fully saturated rings. The highest BCUT2D eigenvalue weighted by atomic mass is 35.5. The van der Waals surface area contributed by atoms with Gasteiger partial charge >= 0.3 is 6.09 Å². The maximum absolute atomic E-state index is 12.2. The largest absolute Gasteiger partial charge is 0.412 e. The summed E-state index contributed by atoms with van der Waals surface area (Å²) < 4.78 is 5.54. The van der Waals surface area contributed by atoms with Gasteiger partial charge in [-0.25, -0.2) is 9.79 Å². The van der Waals surface area contributed by atoms with Crippen molar-refractivity contribution in [1.82, 2.24) is 10.2 Å². The van der Waals surface area contributed by atoms with E-state index in [-0.39, 0.29) is 0 Å². The van der Waals surface area contributed by atoms with Crippen LogP contribution < -0.4 is 20.6 Å². The van der Waals surface area contributed by atoms with Crippen LogP contribution in [0.4, 0.5) is 4.79 Å². The minimum Gasteiger partial charge on any atom is -0.409 e. The molecule has 1 amide bonds. The first-order valence-electron chi connectivity index (χ1n) is 12.0. The molecule has 5 nitrogen and oxygen atoms in total. The van der Waals surface area contributed by atoms with Gasteiger partial charge in [0, 0.05) is 24.0 Å². The molecule has 5 aliphatic rings. The first kappa shape index (κ1) is 20.9. The van der Waals surface area contributed by atoms with E-state index in [4.69, 9.17) is 21.3 Å². The summed E-state index contributed by atoms with van der Waals surface area (Å²) >= 11 is 6.46. The van der Waals surface area contributed by atoms with Crippen molar-refractivity contribution in [3.63, 3.8) is 0 Å². The summed E-state index contributed by atoms with van der Waals surface area (Å²) in [4.78, 5) is 19.7. The predicted molar refractivity (Wildman–Crippen MR) is 122 cm³/mol. The quantitative estimate of drug-likeness (QED) is 0.614. The molecule has 6 rings (SSSR count). The number of nitrogens with zero attached hydrogens (tertiary/aromatic N) is 2. The SMILES string of the molecule is CCCCCCCNC(=O)Oc1cc2c(cc1Cl)=NC1=C3C[C@H]4CC(C[C@H](C3)C4)N1C=2. The molecule has 6 heteroatoms. The van der Waals surface area contributed by atoms with Gasteiger partial charge in [0.2, 0.25) is 0 Å². The van der Waals surface area contributed by atoms with Crippen LogP contribution in [0.25, 0.3) is 6.20 Å². The van der Waals surface area contributed by atoms with Gasteiger partial charge in [-0.1, -0.05) is 44.2 Å². The Morgan fingerprint density at radius 3 is 2.71 bits per heavy atom. The van der Waals surface area contributed by atoms with E-state index in [0.29, 0.717) is 23.4 Å². The third kappa shape index (κ3) is 4.34. The summed E-state index contributed by atoms with van der Waals surface area (Å²) in [5.41, 5.74) is 1.51. The average molecular weight is 442 g/mol. The lowest BCUT2D eigenvalue weighted by molar-refractivity contribution is 0.167. The third-order valence-electron chi connectivity index (χ3n) is 7.24. The van der Waals surface area contributed by atoms with Crippen LogP contribution in [0.3, 0.4) is 0 Å². The van der Waals surface area contributed by atoms with Crippen molar-refractivity contribution in [2.75, 3.05) is 6.54 Å². The number of amides is 1. The van der Waals surface area contributed by atoms with Gasteiger partial charge in [-0.15, -0.1) is 0 Å². The number of halogens is 1. The number of allylic oxidation sites excluding steroid dienone is 1. The zero-order valence-corrected chi connectivity index (χ0v) is 19.1. The molecule has 2 saturated carbocycles. The van der Waals surface area contributed by atoms with Crippen molar-refractivity contribution in [3.8, 4) is 5.75 Å². The lowest BCUT2D eigenvalue weighted by Crippen LogP contribution is -2.41. The molecule has 3 aliphatic heterocycles. The summed E-state index contributed by atoms with van der Waals surface area (Å²) in [7, 11) is 0. The molecule has 0 aromatic heterocycles. The van der Waals surface area contributed by atoms with Crippen LogP contribution in [0, 0.1) is 11.8 Å². The standard InChI is InChI=1S/C25H32ClN3O2/c1-2-3-4-5-6-7-27-25(30)31-23-13-19-15-29-20-11-16-8-17(12-20)10-18(9-16)24(29)28-22(19)14-21(23)26/h13-17,20H,2-12H2,1H3,(H,27,30)/t16-,17-/m0/s1. The highest BCUT2D eigenvalue weighted by Gasteiger charge is 2.42. The van der Waals surface area contributed by atoms with Gasteiger partial charge in [-0.3, -0.25) is 0 Å². The molecule has 3 heterocycles. The van der Waals surface area contributed by atoms with Crippen LogP contribution >= 0.6 is 11.6 Å². The van der Waals surface area contributed by atoms with E-state index in [0.717, 1.165) is 41.1 Å². The normalized spacial score (nSPS) is 25.4. The van der Waals surface area contributed by atoms with Gasteiger partial charge in [-0.2, -0.15) is 0 Å². The van der Waals surface area contributed by atoms with E-state index in [1.807, 2.05) is 12.1 Å². The Balaban J connectivity index is 1.32. The van der Waals surface area contributed by atoms with Gasteiger partial charge in [0.05, 0.1) is 10.4 Å². The van der Waals surface area contributed by atoms with Crippen molar-refractivity contribution >= 4 is 23.9 Å². The second-order valence-electron chi connectivity index (χ2n) is 9.65. The maximum atomic E-state index is 12.2. The molecule has 2 atom stereocenters. The molecule has 166 valence electrons. The minimum absolute atomic E-state index is 0.395. The topological polar surface area (TPSA) is 53.9 Å². The van der Waals surface area contributed by atoms with Gasteiger partial charge in [0.15, 0.2) is 5.75 Å². The van der Waals surface area contributed by atoms with Crippen molar-refractivity contribution in [1.29, 1.82) is 0 Å². The zero-order chi connectivity index (χ0) is 21.4. The molecule has 2 aliphatic carbocycles.